The number of phosphoric acid groups is 1. The van der Waals surface area contributed by atoms with Gasteiger partial charge >= 0.3 is 11.9 Å². The van der Waals surface area contributed by atoms with E-state index < -0.39 is 32.5 Å². The van der Waals surface area contributed by atoms with Crippen LogP contribution in [0.2, 0.25) is 0 Å². The Bertz CT molecular complexity index is 1160. The number of phosphoric ester groups is 1. The third-order valence-corrected chi connectivity index (χ3v) is 10.2. The zero-order valence-corrected chi connectivity index (χ0v) is 37.9. The summed E-state index contributed by atoms with van der Waals surface area (Å²) in [6.45, 7) is 4.11. The van der Waals surface area contributed by atoms with Crippen LogP contribution in [0.4, 0.5) is 0 Å². The van der Waals surface area contributed by atoms with Crippen LogP contribution in [-0.4, -0.2) is 70.0 Å². The Morgan fingerprint density at radius 1 is 0.544 bits per heavy atom. The Morgan fingerprint density at radius 3 is 1.46 bits per heavy atom. The van der Waals surface area contributed by atoms with Crippen molar-refractivity contribution in [3.63, 3.8) is 0 Å². The van der Waals surface area contributed by atoms with Crippen molar-refractivity contribution >= 4 is 19.8 Å². The fourth-order valence-corrected chi connectivity index (χ4v) is 6.40. The van der Waals surface area contributed by atoms with Gasteiger partial charge in [-0.1, -0.05) is 145 Å². The molecule has 0 aliphatic heterocycles. The molecule has 0 N–H and O–H groups in total. The van der Waals surface area contributed by atoms with E-state index in [9.17, 15) is 19.0 Å². The molecule has 2 atom stereocenters. The van der Waals surface area contributed by atoms with E-state index in [1.54, 1.807) is 0 Å². The highest BCUT2D eigenvalue weighted by Gasteiger charge is 2.21. The standard InChI is InChI=1S/C47H84NO8P/c1-6-8-10-12-14-16-18-20-22-23-24-25-26-28-30-32-34-36-38-40-47(50)56-45(44-55-57(51,52)54-42-41-48(3,4)5)43-53-46(49)39-37-35-33-31-29-27-21-19-17-15-13-11-9-7-2/h13-16,19-22,24-25,45H,6-12,17-18,23,26-44H2,1-5H3/b15-13-,16-14-,21-19-,22-20-,25-24-. The minimum absolute atomic E-state index is 0.0386. The molecular weight excluding hydrogens is 737 g/mol. The number of carbonyl (C=O) groups excluding carboxylic acids is 2. The number of likely N-dealkylation sites (N-methyl/N-ethyl adjacent to an activating group) is 1. The SMILES string of the molecule is CCCC/C=C\C/C=C\CCCCCCCC(=O)OCC(COP(=O)([O-])OCC[N+](C)(C)C)OC(=O)CCCCCCCC/C=C\C/C=C\C/C=C\CCCCC. The summed E-state index contributed by atoms with van der Waals surface area (Å²) in [6.07, 6.45) is 46.7. The molecule has 0 aromatic heterocycles. The zero-order chi connectivity index (χ0) is 42.1. The minimum Gasteiger partial charge on any atom is -0.756 e. The van der Waals surface area contributed by atoms with Gasteiger partial charge in [-0.25, -0.2) is 0 Å². The van der Waals surface area contributed by atoms with Gasteiger partial charge in [-0.3, -0.25) is 14.2 Å². The third-order valence-electron chi connectivity index (χ3n) is 9.26. The molecule has 0 aliphatic carbocycles. The number of rotatable bonds is 40. The van der Waals surface area contributed by atoms with Gasteiger partial charge in [-0.05, 0) is 77.0 Å². The Morgan fingerprint density at radius 2 is 0.965 bits per heavy atom. The fourth-order valence-electron chi connectivity index (χ4n) is 5.68. The van der Waals surface area contributed by atoms with E-state index >= 15 is 0 Å². The summed E-state index contributed by atoms with van der Waals surface area (Å²) in [5.74, 6) is -0.869. The lowest BCUT2D eigenvalue weighted by molar-refractivity contribution is -0.870. The number of carbonyl (C=O) groups is 2. The quantitative estimate of drug-likeness (QED) is 0.0197. The topological polar surface area (TPSA) is 111 Å². The second-order valence-electron chi connectivity index (χ2n) is 16.1. The second kappa shape index (κ2) is 39.2. The van der Waals surface area contributed by atoms with Gasteiger partial charge in [0.2, 0.25) is 0 Å². The van der Waals surface area contributed by atoms with Crippen LogP contribution in [0.15, 0.2) is 60.8 Å². The molecule has 0 rings (SSSR count). The van der Waals surface area contributed by atoms with Crippen molar-refractivity contribution in [1.29, 1.82) is 0 Å². The summed E-state index contributed by atoms with van der Waals surface area (Å²) in [5, 5.41) is 0. The van der Waals surface area contributed by atoms with E-state index in [0.717, 1.165) is 96.3 Å². The van der Waals surface area contributed by atoms with E-state index in [-0.39, 0.29) is 26.1 Å². The number of esters is 2. The molecule has 0 saturated carbocycles. The number of allylic oxidation sites excluding steroid dienone is 10. The van der Waals surface area contributed by atoms with Gasteiger partial charge in [0.1, 0.15) is 19.8 Å². The van der Waals surface area contributed by atoms with Crippen molar-refractivity contribution < 1.29 is 42.1 Å². The van der Waals surface area contributed by atoms with E-state index in [0.29, 0.717) is 23.9 Å². The van der Waals surface area contributed by atoms with Gasteiger partial charge in [0.25, 0.3) is 7.82 Å². The summed E-state index contributed by atoms with van der Waals surface area (Å²) in [7, 11) is 1.14. The number of nitrogens with zero attached hydrogens (tertiary/aromatic N) is 1. The van der Waals surface area contributed by atoms with Gasteiger partial charge in [0.05, 0.1) is 27.7 Å². The number of hydrogen-bond acceptors (Lipinski definition) is 8. The highest BCUT2D eigenvalue weighted by molar-refractivity contribution is 7.45. The molecule has 0 spiro atoms. The second-order valence-corrected chi connectivity index (χ2v) is 17.5. The van der Waals surface area contributed by atoms with Crippen LogP contribution < -0.4 is 4.89 Å². The molecule has 0 bridgehead atoms. The van der Waals surface area contributed by atoms with Crippen LogP contribution in [0.3, 0.4) is 0 Å². The Kier molecular flexibility index (Phi) is 37.6. The fraction of sp³-hybridized carbons (Fsp3) is 0.745. The van der Waals surface area contributed by atoms with E-state index in [1.807, 2.05) is 21.1 Å². The van der Waals surface area contributed by atoms with Gasteiger partial charge in [0.15, 0.2) is 6.10 Å². The Balaban J connectivity index is 4.40. The lowest BCUT2D eigenvalue weighted by Crippen LogP contribution is -2.37. The Hall–Kier alpha value is -2.29. The first-order valence-corrected chi connectivity index (χ1v) is 24.0. The number of ether oxygens (including phenoxy) is 2. The number of unbranched alkanes of at least 4 members (excludes halogenated alkanes) is 16. The van der Waals surface area contributed by atoms with E-state index in [2.05, 4.69) is 74.6 Å². The lowest BCUT2D eigenvalue weighted by atomic mass is 10.1. The highest BCUT2D eigenvalue weighted by Crippen LogP contribution is 2.38. The summed E-state index contributed by atoms with van der Waals surface area (Å²) in [6, 6.07) is 0. The molecule has 0 aromatic rings. The zero-order valence-electron chi connectivity index (χ0n) is 37.0. The van der Waals surface area contributed by atoms with Crippen molar-refractivity contribution in [1.82, 2.24) is 0 Å². The van der Waals surface area contributed by atoms with Gasteiger partial charge in [-0.15, -0.1) is 0 Å². The molecule has 9 nitrogen and oxygen atoms in total. The molecule has 0 saturated heterocycles. The van der Waals surface area contributed by atoms with E-state index in [4.69, 9.17) is 18.5 Å². The molecule has 2 unspecified atom stereocenters. The smallest absolute Gasteiger partial charge is 0.306 e. The maximum Gasteiger partial charge on any atom is 0.306 e. The lowest BCUT2D eigenvalue weighted by Gasteiger charge is -2.28. The van der Waals surface area contributed by atoms with Gasteiger partial charge < -0.3 is 27.9 Å². The molecule has 0 heterocycles. The molecule has 0 amide bonds. The van der Waals surface area contributed by atoms with Crippen molar-refractivity contribution in [2.75, 3.05) is 47.5 Å². The summed E-state index contributed by atoms with van der Waals surface area (Å²) < 4.78 is 33.9. The average Bonchev–Trinajstić information content (AvgIpc) is 3.16. The maximum absolute atomic E-state index is 12.7. The van der Waals surface area contributed by atoms with Gasteiger partial charge in [0, 0.05) is 12.8 Å². The van der Waals surface area contributed by atoms with Crippen LogP contribution >= 0.6 is 7.82 Å². The van der Waals surface area contributed by atoms with Crippen molar-refractivity contribution in [2.45, 2.75) is 180 Å². The van der Waals surface area contributed by atoms with E-state index in [1.165, 1.54) is 38.5 Å². The molecule has 330 valence electrons. The van der Waals surface area contributed by atoms with Crippen molar-refractivity contribution in [3.05, 3.63) is 60.8 Å². The minimum atomic E-state index is -4.63. The molecule has 0 aliphatic rings. The highest BCUT2D eigenvalue weighted by atomic mass is 31.2. The summed E-state index contributed by atoms with van der Waals surface area (Å²) in [5.41, 5.74) is 0. The average molecular weight is 822 g/mol. The Labute approximate surface area is 349 Å². The van der Waals surface area contributed by atoms with Crippen LogP contribution in [0.1, 0.15) is 174 Å². The van der Waals surface area contributed by atoms with Crippen LogP contribution in [0, 0.1) is 0 Å². The van der Waals surface area contributed by atoms with Crippen molar-refractivity contribution in [3.8, 4) is 0 Å². The van der Waals surface area contributed by atoms with Gasteiger partial charge in [-0.2, -0.15) is 0 Å². The van der Waals surface area contributed by atoms with Crippen LogP contribution in [0.25, 0.3) is 0 Å². The monoisotopic (exact) mass is 822 g/mol. The molecule has 10 heteroatoms. The van der Waals surface area contributed by atoms with Crippen LogP contribution in [-0.2, 0) is 32.7 Å². The largest absolute Gasteiger partial charge is 0.756 e. The first kappa shape index (κ1) is 54.7. The molecular formula is C47H84NO8P. The molecule has 0 radical (unpaired) electrons. The predicted molar refractivity (Wildman–Crippen MR) is 236 cm³/mol. The summed E-state index contributed by atoms with van der Waals surface area (Å²) in [4.78, 5) is 37.5. The molecule has 0 aromatic carbocycles. The normalized spacial score (nSPS) is 14.1. The maximum atomic E-state index is 12.7. The predicted octanol–water partition coefficient (Wildman–Crippen LogP) is 12.2. The number of quaternary nitrogens is 1. The third kappa shape index (κ3) is 43.1. The first-order valence-electron chi connectivity index (χ1n) is 22.5. The van der Waals surface area contributed by atoms with Crippen molar-refractivity contribution in [2.24, 2.45) is 0 Å². The molecule has 57 heavy (non-hydrogen) atoms. The molecule has 0 fully saturated rings. The number of hydrogen-bond donors (Lipinski definition) is 0. The summed E-state index contributed by atoms with van der Waals surface area (Å²) >= 11 is 0. The first-order chi connectivity index (χ1) is 27.5. The van der Waals surface area contributed by atoms with Crippen LogP contribution in [0.5, 0.6) is 0 Å².